The number of benzene rings is 1. The van der Waals surface area contributed by atoms with Gasteiger partial charge in [-0.2, -0.15) is 5.10 Å². The molecule has 32 heavy (non-hydrogen) atoms. The number of rotatable bonds is 6. The Balaban J connectivity index is 1.47. The van der Waals surface area contributed by atoms with Gasteiger partial charge in [0.05, 0.1) is 40.5 Å². The average molecular weight is 467 g/mol. The Bertz CT molecular complexity index is 1280. The van der Waals surface area contributed by atoms with Crippen LogP contribution in [0.15, 0.2) is 53.1 Å². The molecule has 0 radical (unpaired) electrons. The minimum absolute atomic E-state index is 0.360. The van der Waals surface area contributed by atoms with Crippen LogP contribution in [0.4, 0.5) is 11.5 Å². The van der Waals surface area contributed by atoms with Crippen LogP contribution in [0.1, 0.15) is 19.5 Å². The van der Waals surface area contributed by atoms with E-state index in [4.69, 9.17) is 9.97 Å². The first-order chi connectivity index (χ1) is 15.4. The lowest BCUT2D eigenvalue weighted by molar-refractivity contribution is 0.0578. The van der Waals surface area contributed by atoms with Gasteiger partial charge >= 0.3 is 0 Å². The highest BCUT2D eigenvalue weighted by molar-refractivity contribution is 7.85. The lowest BCUT2D eigenvalue weighted by Crippen LogP contribution is -2.26. The molecule has 1 atom stereocenters. The maximum Gasteiger partial charge on any atom is 0.161 e. The van der Waals surface area contributed by atoms with Crippen molar-refractivity contribution in [2.75, 3.05) is 11.1 Å². The summed E-state index contributed by atoms with van der Waals surface area (Å²) in [6.45, 7) is 3.82. The molecule has 1 aliphatic heterocycles. The van der Waals surface area contributed by atoms with Gasteiger partial charge in [0.1, 0.15) is 9.90 Å². The van der Waals surface area contributed by atoms with Crippen molar-refractivity contribution in [3.05, 3.63) is 53.9 Å². The number of thiazole rings is 1. The molecule has 0 aliphatic carbocycles. The summed E-state index contributed by atoms with van der Waals surface area (Å²) < 4.78 is 14.3. The summed E-state index contributed by atoms with van der Waals surface area (Å²) >= 11 is 1.59. The highest BCUT2D eigenvalue weighted by Gasteiger charge is 2.26. The van der Waals surface area contributed by atoms with E-state index in [0.717, 1.165) is 21.8 Å². The van der Waals surface area contributed by atoms with E-state index in [9.17, 15) is 9.32 Å². The standard InChI is InChI=1S/C22H22N6O2S2/c1-22(2,29)13-28-12-16(11-24-28)25-20-18-17(7-10-32(18)30)26-19(27-20)14-3-5-15(6-4-14)21-23-8-9-31-21/h3-6,8-9,11-12,29H,7,10,13H2,1-2H3,(H,25,26,27). The van der Waals surface area contributed by atoms with Crippen molar-refractivity contribution >= 4 is 33.6 Å². The summed E-state index contributed by atoms with van der Waals surface area (Å²) in [6.07, 6.45) is 5.91. The van der Waals surface area contributed by atoms with Crippen molar-refractivity contribution in [2.24, 2.45) is 0 Å². The molecule has 8 nitrogen and oxygen atoms in total. The van der Waals surface area contributed by atoms with Gasteiger partial charge < -0.3 is 10.4 Å². The first-order valence-electron chi connectivity index (χ1n) is 10.2. The van der Waals surface area contributed by atoms with E-state index in [2.05, 4.69) is 15.4 Å². The molecule has 3 aromatic heterocycles. The molecule has 1 aromatic carbocycles. The molecule has 5 rings (SSSR count). The van der Waals surface area contributed by atoms with Crippen molar-refractivity contribution < 1.29 is 9.32 Å². The second-order valence-electron chi connectivity index (χ2n) is 8.25. The summed E-state index contributed by atoms with van der Waals surface area (Å²) in [6, 6.07) is 7.98. The fraction of sp³-hybridized carbons (Fsp3) is 0.273. The number of hydrogen-bond donors (Lipinski definition) is 2. The molecule has 1 unspecified atom stereocenters. The molecule has 1 aliphatic rings. The van der Waals surface area contributed by atoms with Crippen molar-refractivity contribution in [3.8, 4) is 22.0 Å². The molecule has 4 heterocycles. The van der Waals surface area contributed by atoms with E-state index in [1.807, 2.05) is 29.6 Å². The first-order valence-corrected chi connectivity index (χ1v) is 12.4. The fourth-order valence-electron chi connectivity index (χ4n) is 3.59. The quantitative estimate of drug-likeness (QED) is 0.447. The molecule has 4 aromatic rings. The zero-order valence-corrected chi connectivity index (χ0v) is 19.3. The smallest absolute Gasteiger partial charge is 0.161 e. The molecule has 2 N–H and O–H groups in total. The van der Waals surface area contributed by atoms with Gasteiger partial charge in [-0.1, -0.05) is 24.3 Å². The molecule has 164 valence electrons. The predicted octanol–water partition coefficient (Wildman–Crippen LogP) is 3.64. The minimum atomic E-state index is -1.14. The van der Waals surface area contributed by atoms with Gasteiger partial charge in [0.15, 0.2) is 11.6 Å². The molecular formula is C22H22N6O2S2. The van der Waals surface area contributed by atoms with E-state index < -0.39 is 16.4 Å². The average Bonchev–Trinajstić information content (AvgIpc) is 3.49. The van der Waals surface area contributed by atoms with Crippen molar-refractivity contribution in [1.29, 1.82) is 0 Å². The molecular weight excluding hydrogens is 444 g/mol. The maximum absolute atomic E-state index is 12.6. The summed E-state index contributed by atoms with van der Waals surface area (Å²) in [5, 5.41) is 20.5. The third-order valence-electron chi connectivity index (χ3n) is 4.95. The Morgan fingerprint density at radius 1 is 1.22 bits per heavy atom. The zero-order chi connectivity index (χ0) is 22.3. The Hall–Kier alpha value is -2.95. The third kappa shape index (κ3) is 4.34. The van der Waals surface area contributed by atoms with Gasteiger partial charge in [-0.05, 0) is 13.8 Å². The second-order valence-corrected chi connectivity index (χ2v) is 10.7. The van der Waals surface area contributed by atoms with Gasteiger partial charge in [-0.3, -0.25) is 8.89 Å². The summed E-state index contributed by atoms with van der Waals surface area (Å²) in [5.41, 5.74) is 2.57. The van der Waals surface area contributed by atoms with E-state index in [-0.39, 0.29) is 0 Å². The number of anilines is 2. The number of fused-ring (bicyclic) bond motifs is 1. The number of aryl methyl sites for hydroxylation is 1. The lowest BCUT2D eigenvalue weighted by Gasteiger charge is -2.16. The molecule has 0 saturated carbocycles. The Labute approximate surface area is 191 Å². The summed E-state index contributed by atoms with van der Waals surface area (Å²) in [5.74, 6) is 1.66. The largest absolute Gasteiger partial charge is 0.389 e. The van der Waals surface area contributed by atoms with E-state index >= 15 is 0 Å². The number of nitrogens with one attached hydrogen (secondary N) is 1. The van der Waals surface area contributed by atoms with Crippen LogP contribution in [-0.4, -0.2) is 45.4 Å². The third-order valence-corrected chi connectivity index (χ3v) is 7.24. The Morgan fingerprint density at radius 2 is 2.00 bits per heavy atom. The topological polar surface area (TPSA) is 106 Å². The second kappa shape index (κ2) is 8.19. The van der Waals surface area contributed by atoms with Crippen molar-refractivity contribution in [3.63, 3.8) is 0 Å². The van der Waals surface area contributed by atoms with Crippen LogP contribution < -0.4 is 5.32 Å². The zero-order valence-electron chi connectivity index (χ0n) is 17.6. The predicted molar refractivity (Wildman–Crippen MR) is 125 cm³/mol. The highest BCUT2D eigenvalue weighted by Crippen LogP contribution is 2.33. The summed E-state index contributed by atoms with van der Waals surface area (Å²) in [4.78, 5) is 14.4. The van der Waals surface area contributed by atoms with Gasteiger partial charge in [-0.25, -0.2) is 15.0 Å². The van der Waals surface area contributed by atoms with E-state index in [0.29, 0.717) is 40.9 Å². The van der Waals surface area contributed by atoms with Crippen LogP contribution in [0, 0.1) is 0 Å². The maximum atomic E-state index is 12.6. The molecule has 0 saturated heterocycles. The van der Waals surface area contributed by atoms with Gasteiger partial charge in [0, 0.05) is 41.1 Å². The number of aliphatic hydroxyl groups is 1. The minimum Gasteiger partial charge on any atom is -0.389 e. The van der Waals surface area contributed by atoms with Crippen LogP contribution in [0.3, 0.4) is 0 Å². The highest BCUT2D eigenvalue weighted by atomic mass is 32.2. The first kappa shape index (κ1) is 20.9. The Kier molecular flexibility index (Phi) is 5.36. The van der Waals surface area contributed by atoms with Crippen LogP contribution in [0.5, 0.6) is 0 Å². The lowest BCUT2D eigenvalue weighted by atomic mass is 10.1. The van der Waals surface area contributed by atoms with Gasteiger partial charge in [-0.15, -0.1) is 11.3 Å². The SMILES string of the molecule is CC(C)(O)Cn1cc(Nc2nc(-c3ccc(-c4nccs4)cc3)nc3c2S(=O)CC3)cn1. The van der Waals surface area contributed by atoms with E-state index in [1.54, 1.807) is 48.5 Å². The van der Waals surface area contributed by atoms with Crippen molar-refractivity contribution in [2.45, 2.75) is 37.3 Å². The van der Waals surface area contributed by atoms with Crippen molar-refractivity contribution in [1.82, 2.24) is 24.7 Å². The van der Waals surface area contributed by atoms with Crippen LogP contribution in [0.25, 0.3) is 22.0 Å². The van der Waals surface area contributed by atoms with Crippen LogP contribution >= 0.6 is 11.3 Å². The molecule has 0 spiro atoms. The fourth-order valence-corrected chi connectivity index (χ4v) is 5.54. The van der Waals surface area contributed by atoms with Gasteiger partial charge in [0.25, 0.3) is 0 Å². The van der Waals surface area contributed by atoms with Gasteiger partial charge in [0.2, 0.25) is 0 Å². The molecule has 0 amide bonds. The summed E-state index contributed by atoms with van der Waals surface area (Å²) in [7, 11) is -1.14. The van der Waals surface area contributed by atoms with E-state index in [1.165, 1.54) is 0 Å². The number of hydrogen-bond acceptors (Lipinski definition) is 8. The molecule has 0 bridgehead atoms. The number of aromatic nitrogens is 5. The monoisotopic (exact) mass is 466 g/mol. The molecule has 10 heteroatoms. The Morgan fingerprint density at radius 3 is 2.72 bits per heavy atom. The molecule has 0 fully saturated rings. The number of nitrogens with zero attached hydrogens (tertiary/aromatic N) is 5. The van der Waals surface area contributed by atoms with Crippen LogP contribution in [-0.2, 0) is 23.8 Å². The van der Waals surface area contributed by atoms with Crippen LogP contribution in [0.2, 0.25) is 0 Å². The normalized spacial score (nSPS) is 15.7.